The molecule has 3 amide bonds. The van der Waals surface area contributed by atoms with E-state index in [2.05, 4.69) is 5.32 Å². The summed E-state index contributed by atoms with van der Waals surface area (Å²) in [5.41, 5.74) is 0.124. The summed E-state index contributed by atoms with van der Waals surface area (Å²) in [6.45, 7) is 2.37. The fraction of sp³-hybridized carbons (Fsp3) is 0.652. The van der Waals surface area contributed by atoms with Gasteiger partial charge in [0.15, 0.2) is 11.5 Å². The number of benzene rings is 1. The number of amides is 3. The van der Waals surface area contributed by atoms with E-state index in [0.29, 0.717) is 44.1 Å². The van der Waals surface area contributed by atoms with Crippen LogP contribution in [0.25, 0.3) is 0 Å². The average molecular weight is 483 g/mol. The number of nitrogens with zero attached hydrogens (tertiary/aromatic N) is 2. The number of ether oxygens (including phenoxy) is 3. The van der Waals surface area contributed by atoms with E-state index in [1.165, 1.54) is 25.3 Å². The van der Waals surface area contributed by atoms with Gasteiger partial charge in [0.25, 0.3) is 0 Å². The van der Waals surface area contributed by atoms with Crippen LogP contribution in [0.5, 0.6) is 11.5 Å². The van der Waals surface area contributed by atoms with Gasteiger partial charge in [-0.15, -0.1) is 0 Å². The third-order valence-corrected chi connectivity index (χ3v) is 7.17. The van der Waals surface area contributed by atoms with E-state index in [9.17, 15) is 22.8 Å². The van der Waals surface area contributed by atoms with Crippen LogP contribution in [-0.2, 0) is 16.0 Å². The van der Waals surface area contributed by atoms with Gasteiger partial charge < -0.3 is 29.3 Å². The van der Waals surface area contributed by atoms with Crippen molar-refractivity contribution in [2.24, 2.45) is 5.41 Å². The minimum Gasteiger partial charge on any atom is -0.493 e. The molecule has 4 fully saturated rings. The van der Waals surface area contributed by atoms with Crippen molar-refractivity contribution in [3.63, 3.8) is 0 Å². The summed E-state index contributed by atoms with van der Waals surface area (Å²) < 4.78 is 55.0. The molecule has 0 radical (unpaired) electrons. The van der Waals surface area contributed by atoms with E-state index in [1.807, 2.05) is 4.90 Å². The summed E-state index contributed by atoms with van der Waals surface area (Å²) in [6.07, 6.45) is -3.32. The van der Waals surface area contributed by atoms with Gasteiger partial charge in [0, 0.05) is 31.6 Å². The van der Waals surface area contributed by atoms with Crippen LogP contribution in [0, 0.1) is 5.41 Å². The molecule has 11 heteroatoms. The fourth-order valence-corrected chi connectivity index (χ4v) is 5.55. The number of methoxy groups -OCH3 is 1. The zero-order chi connectivity index (χ0) is 24.1. The van der Waals surface area contributed by atoms with Gasteiger partial charge in [0.05, 0.1) is 25.7 Å². The average Bonchev–Trinajstić information content (AvgIpc) is 2.72. The summed E-state index contributed by atoms with van der Waals surface area (Å²) in [7, 11) is 1.46. The van der Waals surface area contributed by atoms with Crippen LogP contribution >= 0.6 is 0 Å². The molecule has 0 unspecified atom stereocenters. The van der Waals surface area contributed by atoms with Crippen LogP contribution in [0.1, 0.15) is 24.8 Å². The molecule has 8 nitrogen and oxygen atoms in total. The van der Waals surface area contributed by atoms with Crippen molar-refractivity contribution in [1.29, 1.82) is 0 Å². The molecule has 2 atom stereocenters. The standard InChI is InChI=1S/C23H28F3N3O5/c1-32-18-3-2-14(7-23(24,25)26)6-19(18)34-15-8-22(9-15)12-29(13-22)21(31)28-5-4-17-16(10-28)27-20(30)11-33-17/h2-3,6,15-17H,4-5,7-13H2,1H3,(H,27,30)/t16-,17+/m1/s1. The lowest BCUT2D eigenvalue weighted by atomic mass is 9.62. The summed E-state index contributed by atoms with van der Waals surface area (Å²) in [4.78, 5) is 28.1. The van der Waals surface area contributed by atoms with Crippen molar-refractivity contribution in [2.75, 3.05) is 39.9 Å². The fourth-order valence-electron chi connectivity index (χ4n) is 5.55. The SMILES string of the molecule is COc1ccc(CC(F)(F)F)cc1OC1CC2(C1)CN(C(=O)N1CC[C@@H]3OCC(=O)N[C@@H]3C1)C2. The normalized spacial score (nSPS) is 26.3. The lowest BCUT2D eigenvalue weighted by molar-refractivity contribution is -0.140. The Balaban J connectivity index is 1.12. The molecule has 1 aliphatic carbocycles. The molecule has 34 heavy (non-hydrogen) atoms. The number of nitrogens with one attached hydrogen (secondary N) is 1. The zero-order valence-corrected chi connectivity index (χ0v) is 18.9. The molecular formula is C23H28F3N3O5. The second-order valence-corrected chi connectivity index (χ2v) is 9.82. The maximum absolute atomic E-state index is 12.9. The summed E-state index contributed by atoms with van der Waals surface area (Å²) in [6, 6.07) is 4.08. The molecule has 3 aliphatic heterocycles. The highest BCUT2D eigenvalue weighted by molar-refractivity contribution is 5.79. The zero-order valence-electron chi connectivity index (χ0n) is 18.9. The number of piperidine rings is 1. The van der Waals surface area contributed by atoms with Crippen LogP contribution in [0.3, 0.4) is 0 Å². The first-order chi connectivity index (χ1) is 16.1. The maximum atomic E-state index is 12.9. The number of morpholine rings is 1. The largest absolute Gasteiger partial charge is 0.493 e. The van der Waals surface area contributed by atoms with Gasteiger partial charge in [-0.2, -0.15) is 13.2 Å². The smallest absolute Gasteiger partial charge is 0.393 e. The molecule has 1 aromatic carbocycles. The summed E-state index contributed by atoms with van der Waals surface area (Å²) in [5, 5.41) is 2.91. The molecule has 0 aromatic heterocycles. The van der Waals surface area contributed by atoms with E-state index >= 15 is 0 Å². The number of urea groups is 1. The van der Waals surface area contributed by atoms with Gasteiger partial charge in [0.1, 0.15) is 12.7 Å². The Morgan fingerprint density at radius 3 is 2.71 bits per heavy atom. The van der Waals surface area contributed by atoms with Crippen LogP contribution in [0.2, 0.25) is 0 Å². The van der Waals surface area contributed by atoms with Gasteiger partial charge in [0.2, 0.25) is 5.91 Å². The van der Waals surface area contributed by atoms with Crippen molar-refractivity contribution >= 4 is 11.9 Å². The Morgan fingerprint density at radius 2 is 2.00 bits per heavy atom. The van der Waals surface area contributed by atoms with Crippen molar-refractivity contribution < 1.29 is 37.0 Å². The molecule has 5 rings (SSSR count). The van der Waals surface area contributed by atoms with Crippen LogP contribution in [0.15, 0.2) is 18.2 Å². The van der Waals surface area contributed by atoms with Crippen molar-refractivity contribution in [2.45, 2.75) is 50.1 Å². The molecule has 186 valence electrons. The minimum absolute atomic E-state index is 0.00235. The molecule has 1 saturated carbocycles. The highest BCUT2D eigenvalue weighted by atomic mass is 19.4. The van der Waals surface area contributed by atoms with Gasteiger partial charge >= 0.3 is 12.2 Å². The Hall–Kier alpha value is -2.69. The highest BCUT2D eigenvalue weighted by Gasteiger charge is 2.55. The first-order valence-electron chi connectivity index (χ1n) is 11.5. The van der Waals surface area contributed by atoms with Gasteiger partial charge in [-0.3, -0.25) is 4.79 Å². The number of alkyl halides is 3. The Bertz CT molecular complexity index is 958. The molecule has 1 spiro atoms. The molecule has 0 bridgehead atoms. The van der Waals surface area contributed by atoms with E-state index in [4.69, 9.17) is 14.2 Å². The van der Waals surface area contributed by atoms with Crippen LogP contribution in [-0.4, -0.2) is 86.1 Å². The number of rotatable bonds is 4. The lowest BCUT2D eigenvalue weighted by Crippen LogP contribution is -2.69. The third-order valence-electron chi connectivity index (χ3n) is 7.17. The van der Waals surface area contributed by atoms with E-state index < -0.39 is 12.6 Å². The van der Waals surface area contributed by atoms with Crippen molar-refractivity contribution in [3.8, 4) is 11.5 Å². The minimum atomic E-state index is -4.29. The van der Waals surface area contributed by atoms with Crippen LogP contribution in [0.4, 0.5) is 18.0 Å². The molecule has 1 aromatic rings. The molecular weight excluding hydrogens is 455 g/mol. The van der Waals surface area contributed by atoms with Crippen molar-refractivity contribution in [1.82, 2.24) is 15.1 Å². The number of carbonyl (C=O) groups excluding carboxylic acids is 2. The second kappa shape index (κ2) is 8.51. The quantitative estimate of drug-likeness (QED) is 0.712. The summed E-state index contributed by atoms with van der Waals surface area (Å²) in [5.74, 6) is 0.565. The Morgan fingerprint density at radius 1 is 1.24 bits per heavy atom. The summed E-state index contributed by atoms with van der Waals surface area (Å²) >= 11 is 0. The Labute approximate surface area is 195 Å². The number of fused-ring (bicyclic) bond motifs is 1. The number of carbonyl (C=O) groups is 2. The molecule has 3 heterocycles. The topological polar surface area (TPSA) is 80.3 Å². The number of likely N-dealkylation sites (tertiary alicyclic amines) is 2. The monoisotopic (exact) mass is 483 g/mol. The highest BCUT2D eigenvalue weighted by Crippen LogP contribution is 2.50. The first kappa shape index (κ1) is 23.1. The van der Waals surface area contributed by atoms with E-state index in [-0.39, 0.29) is 47.8 Å². The molecule has 1 N–H and O–H groups in total. The number of halogens is 3. The Kier molecular flexibility index (Phi) is 5.78. The third kappa shape index (κ3) is 4.62. The lowest BCUT2D eigenvalue weighted by Gasteiger charge is -2.59. The predicted octanol–water partition coefficient (Wildman–Crippen LogP) is 2.35. The van der Waals surface area contributed by atoms with Gasteiger partial charge in [-0.1, -0.05) is 6.07 Å². The predicted molar refractivity (Wildman–Crippen MR) is 114 cm³/mol. The number of hydrogen-bond donors (Lipinski definition) is 1. The number of hydrogen-bond acceptors (Lipinski definition) is 5. The van der Waals surface area contributed by atoms with Crippen molar-refractivity contribution in [3.05, 3.63) is 23.8 Å². The van der Waals surface area contributed by atoms with E-state index in [1.54, 1.807) is 4.90 Å². The van der Waals surface area contributed by atoms with Gasteiger partial charge in [-0.25, -0.2) is 4.79 Å². The molecule has 3 saturated heterocycles. The second-order valence-electron chi connectivity index (χ2n) is 9.82. The maximum Gasteiger partial charge on any atom is 0.393 e. The molecule has 4 aliphatic rings. The van der Waals surface area contributed by atoms with E-state index in [0.717, 1.165) is 12.8 Å². The van der Waals surface area contributed by atoms with Crippen LogP contribution < -0.4 is 14.8 Å². The van der Waals surface area contributed by atoms with Gasteiger partial charge in [-0.05, 0) is 37.0 Å². The first-order valence-corrected chi connectivity index (χ1v) is 11.5.